The first-order chi connectivity index (χ1) is 11.3. The Morgan fingerprint density at radius 2 is 2.39 bits per heavy atom. The van der Waals surface area contributed by atoms with Crippen LogP contribution < -0.4 is 10.1 Å². The van der Waals surface area contributed by atoms with Crippen molar-refractivity contribution >= 4 is 17.2 Å². The standard InChI is InChI=1S/C17H20N2O3S/c1-21-13-6-4-5-12(9-13)17-19-11-14(23-17)10-18-16(20)15-7-2-3-8-22-15/h4-6,9,11,15H,2-3,7-8,10H2,1H3,(H,18,20). The Bertz CT molecular complexity index is 665. The molecule has 23 heavy (non-hydrogen) atoms. The molecule has 1 fully saturated rings. The normalized spacial score (nSPS) is 17.7. The van der Waals surface area contributed by atoms with Crippen molar-refractivity contribution in [3.05, 3.63) is 35.3 Å². The molecule has 1 amide bonds. The van der Waals surface area contributed by atoms with Gasteiger partial charge >= 0.3 is 0 Å². The lowest BCUT2D eigenvalue weighted by Gasteiger charge is -2.21. The van der Waals surface area contributed by atoms with E-state index in [0.29, 0.717) is 13.2 Å². The molecule has 122 valence electrons. The summed E-state index contributed by atoms with van der Waals surface area (Å²) < 4.78 is 10.7. The lowest BCUT2D eigenvalue weighted by Crippen LogP contribution is -2.37. The minimum atomic E-state index is -0.297. The fourth-order valence-electron chi connectivity index (χ4n) is 2.51. The second-order valence-corrected chi connectivity index (χ2v) is 6.55. The third-order valence-corrected chi connectivity index (χ3v) is 4.83. The largest absolute Gasteiger partial charge is 0.497 e. The molecule has 2 heterocycles. The molecular formula is C17H20N2O3S. The summed E-state index contributed by atoms with van der Waals surface area (Å²) in [5, 5.41) is 3.86. The Morgan fingerprint density at radius 3 is 3.17 bits per heavy atom. The van der Waals surface area contributed by atoms with Gasteiger partial charge in [-0.2, -0.15) is 0 Å². The highest BCUT2D eigenvalue weighted by Gasteiger charge is 2.21. The Hall–Kier alpha value is -1.92. The van der Waals surface area contributed by atoms with E-state index in [1.165, 1.54) is 0 Å². The summed E-state index contributed by atoms with van der Waals surface area (Å²) in [4.78, 5) is 17.5. The molecule has 1 N–H and O–H groups in total. The molecule has 0 spiro atoms. The summed E-state index contributed by atoms with van der Waals surface area (Å²) in [5.74, 6) is 0.781. The van der Waals surface area contributed by atoms with Crippen molar-refractivity contribution in [2.75, 3.05) is 13.7 Å². The summed E-state index contributed by atoms with van der Waals surface area (Å²) in [6.07, 6.45) is 4.42. The van der Waals surface area contributed by atoms with Crippen molar-refractivity contribution < 1.29 is 14.3 Å². The second-order valence-electron chi connectivity index (χ2n) is 5.44. The minimum absolute atomic E-state index is 0.0268. The number of ether oxygens (including phenoxy) is 2. The van der Waals surface area contributed by atoms with Crippen molar-refractivity contribution in [2.24, 2.45) is 0 Å². The number of hydrogen-bond acceptors (Lipinski definition) is 5. The van der Waals surface area contributed by atoms with E-state index in [2.05, 4.69) is 10.3 Å². The van der Waals surface area contributed by atoms with Crippen LogP contribution in [0.15, 0.2) is 30.5 Å². The van der Waals surface area contributed by atoms with Gasteiger partial charge in [0.1, 0.15) is 16.9 Å². The van der Waals surface area contributed by atoms with Gasteiger partial charge in [-0.25, -0.2) is 4.98 Å². The first-order valence-corrected chi connectivity index (χ1v) is 8.56. The smallest absolute Gasteiger partial charge is 0.249 e. The average Bonchev–Trinajstić information content (AvgIpc) is 3.09. The number of amides is 1. The first-order valence-electron chi connectivity index (χ1n) is 7.75. The molecule has 1 unspecified atom stereocenters. The van der Waals surface area contributed by atoms with Gasteiger partial charge in [0.25, 0.3) is 0 Å². The fourth-order valence-corrected chi connectivity index (χ4v) is 3.36. The van der Waals surface area contributed by atoms with Crippen LogP contribution in [0.2, 0.25) is 0 Å². The molecule has 0 bridgehead atoms. The van der Waals surface area contributed by atoms with Crippen LogP contribution in [-0.2, 0) is 16.1 Å². The Kier molecular flexibility index (Phi) is 5.25. The monoisotopic (exact) mass is 332 g/mol. The Morgan fingerprint density at radius 1 is 1.48 bits per heavy atom. The number of thiazole rings is 1. The van der Waals surface area contributed by atoms with Crippen LogP contribution in [-0.4, -0.2) is 30.7 Å². The first kappa shape index (κ1) is 16.0. The van der Waals surface area contributed by atoms with E-state index in [9.17, 15) is 4.79 Å². The molecule has 1 aromatic carbocycles. The number of benzene rings is 1. The summed E-state index contributed by atoms with van der Waals surface area (Å²) in [5.41, 5.74) is 1.02. The van der Waals surface area contributed by atoms with E-state index in [-0.39, 0.29) is 12.0 Å². The van der Waals surface area contributed by atoms with Gasteiger partial charge in [-0.3, -0.25) is 4.79 Å². The maximum Gasteiger partial charge on any atom is 0.249 e. The van der Waals surface area contributed by atoms with Crippen LogP contribution in [0.25, 0.3) is 10.6 Å². The number of rotatable bonds is 5. The maximum atomic E-state index is 12.1. The lowest BCUT2D eigenvalue weighted by atomic mass is 10.1. The second kappa shape index (κ2) is 7.57. The quantitative estimate of drug-likeness (QED) is 0.914. The summed E-state index contributed by atoms with van der Waals surface area (Å²) in [7, 11) is 1.65. The van der Waals surface area contributed by atoms with Crippen LogP contribution in [0.3, 0.4) is 0 Å². The third-order valence-electron chi connectivity index (χ3n) is 3.78. The molecule has 0 aliphatic carbocycles. The topological polar surface area (TPSA) is 60.5 Å². The predicted octanol–water partition coefficient (Wildman–Crippen LogP) is 3.00. The summed E-state index contributed by atoms with van der Waals surface area (Å²) in [6, 6.07) is 7.80. The van der Waals surface area contributed by atoms with Crippen LogP contribution in [0.4, 0.5) is 0 Å². The molecule has 2 aromatic rings. The molecule has 1 aromatic heterocycles. The van der Waals surface area contributed by atoms with Gasteiger partial charge in [-0.05, 0) is 31.4 Å². The van der Waals surface area contributed by atoms with E-state index in [1.54, 1.807) is 18.4 Å². The van der Waals surface area contributed by atoms with Gasteiger partial charge in [-0.15, -0.1) is 11.3 Å². The third kappa shape index (κ3) is 4.09. The highest BCUT2D eigenvalue weighted by atomic mass is 32.1. The molecule has 0 saturated carbocycles. The molecule has 1 aliphatic heterocycles. The van der Waals surface area contributed by atoms with Crippen molar-refractivity contribution in [1.82, 2.24) is 10.3 Å². The SMILES string of the molecule is COc1cccc(-c2ncc(CNC(=O)C3CCCCO3)s2)c1. The van der Waals surface area contributed by atoms with E-state index < -0.39 is 0 Å². The number of nitrogens with zero attached hydrogens (tertiary/aromatic N) is 1. The number of carbonyl (C=O) groups excluding carboxylic acids is 1. The number of carbonyl (C=O) groups is 1. The number of aromatic nitrogens is 1. The van der Waals surface area contributed by atoms with Crippen molar-refractivity contribution in [3.8, 4) is 16.3 Å². The molecule has 1 saturated heterocycles. The van der Waals surface area contributed by atoms with E-state index >= 15 is 0 Å². The number of nitrogens with one attached hydrogen (secondary N) is 1. The van der Waals surface area contributed by atoms with Gasteiger partial charge in [0.05, 0.1) is 13.7 Å². The number of hydrogen-bond donors (Lipinski definition) is 1. The van der Waals surface area contributed by atoms with Crippen molar-refractivity contribution in [3.63, 3.8) is 0 Å². The lowest BCUT2D eigenvalue weighted by molar-refractivity contribution is -0.135. The van der Waals surface area contributed by atoms with Crippen molar-refractivity contribution in [2.45, 2.75) is 31.9 Å². The zero-order chi connectivity index (χ0) is 16.1. The molecule has 3 rings (SSSR count). The van der Waals surface area contributed by atoms with Gasteiger partial charge in [0.15, 0.2) is 0 Å². The van der Waals surface area contributed by atoms with E-state index in [1.807, 2.05) is 30.5 Å². The van der Waals surface area contributed by atoms with Gasteiger partial charge in [0, 0.05) is 23.2 Å². The molecule has 6 heteroatoms. The Labute approximate surface area is 139 Å². The molecule has 0 radical (unpaired) electrons. The fraction of sp³-hybridized carbons (Fsp3) is 0.412. The van der Waals surface area contributed by atoms with Gasteiger partial charge in [-0.1, -0.05) is 12.1 Å². The van der Waals surface area contributed by atoms with Crippen LogP contribution >= 0.6 is 11.3 Å². The summed E-state index contributed by atoms with van der Waals surface area (Å²) in [6.45, 7) is 1.17. The highest BCUT2D eigenvalue weighted by Crippen LogP contribution is 2.27. The van der Waals surface area contributed by atoms with Gasteiger partial charge < -0.3 is 14.8 Å². The number of methoxy groups -OCH3 is 1. The minimum Gasteiger partial charge on any atom is -0.497 e. The Balaban J connectivity index is 1.59. The summed E-state index contributed by atoms with van der Waals surface area (Å²) >= 11 is 1.57. The van der Waals surface area contributed by atoms with E-state index in [0.717, 1.165) is 40.5 Å². The predicted molar refractivity (Wildman–Crippen MR) is 89.5 cm³/mol. The zero-order valence-corrected chi connectivity index (χ0v) is 13.9. The maximum absolute atomic E-state index is 12.1. The molecule has 1 atom stereocenters. The van der Waals surface area contributed by atoms with Crippen LogP contribution in [0.5, 0.6) is 5.75 Å². The van der Waals surface area contributed by atoms with Gasteiger partial charge in [0.2, 0.25) is 5.91 Å². The molecular weight excluding hydrogens is 312 g/mol. The zero-order valence-electron chi connectivity index (χ0n) is 13.1. The highest BCUT2D eigenvalue weighted by molar-refractivity contribution is 7.15. The van der Waals surface area contributed by atoms with E-state index in [4.69, 9.17) is 9.47 Å². The van der Waals surface area contributed by atoms with Crippen LogP contribution in [0.1, 0.15) is 24.1 Å². The average molecular weight is 332 g/mol. The molecule has 5 nitrogen and oxygen atoms in total. The molecule has 1 aliphatic rings. The van der Waals surface area contributed by atoms with Crippen LogP contribution in [0, 0.1) is 0 Å². The van der Waals surface area contributed by atoms with Crippen molar-refractivity contribution in [1.29, 1.82) is 0 Å².